The van der Waals surface area contributed by atoms with E-state index in [-0.39, 0.29) is 11.7 Å². The molecule has 3 atom stereocenters. The second-order valence-electron chi connectivity index (χ2n) is 5.04. The minimum Gasteiger partial charge on any atom is -0.370 e. The average Bonchev–Trinajstić information content (AvgIpc) is 3.05. The van der Waals surface area contributed by atoms with Gasteiger partial charge in [0.05, 0.1) is 0 Å². The maximum atomic E-state index is 13.1. The Morgan fingerprint density at radius 3 is 3.00 bits per heavy atom. The van der Waals surface area contributed by atoms with Gasteiger partial charge in [0.15, 0.2) is 0 Å². The Balaban J connectivity index is 1.89. The van der Waals surface area contributed by atoms with E-state index < -0.39 is 0 Å². The first-order valence-corrected chi connectivity index (χ1v) is 6.11. The van der Waals surface area contributed by atoms with E-state index in [1.54, 1.807) is 12.1 Å². The molecule has 2 nitrogen and oxygen atoms in total. The smallest absolute Gasteiger partial charge is 0.217 e. The van der Waals surface area contributed by atoms with Gasteiger partial charge in [0.2, 0.25) is 5.91 Å². The fourth-order valence-electron chi connectivity index (χ4n) is 2.55. The number of benzene rings is 1. The maximum Gasteiger partial charge on any atom is 0.217 e. The van der Waals surface area contributed by atoms with Gasteiger partial charge in [-0.2, -0.15) is 0 Å². The van der Waals surface area contributed by atoms with Gasteiger partial charge in [-0.15, -0.1) is 0 Å². The molecule has 2 N–H and O–H groups in total. The highest BCUT2D eigenvalue weighted by molar-refractivity contribution is 5.73. The molecule has 0 spiro atoms. The number of rotatable bonds is 5. The van der Waals surface area contributed by atoms with Gasteiger partial charge in [0.1, 0.15) is 5.82 Å². The third-order valence-electron chi connectivity index (χ3n) is 3.69. The van der Waals surface area contributed by atoms with Gasteiger partial charge in [0, 0.05) is 6.42 Å². The Hall–Kier alpha value is -1.38. The summed E-state index contributed by atoms with van der Waals surface area (Å²) in [5, 5.41) is 0. The number of carbonyl (C=O) groups excluding carboxylic acids is 1. The van der Waals surface area contributed by atoms with Gasteiger partial charge in [-0.25, -0.2) is 4.39 Å². The van der Waals surface area contributed by atoms with Crippen molar-refractivity contribution >= 4 is 5.91 Å². The summed E-state index contributed by atoms with van der Waals surface area (Å²) in [6.07, 6.45) is 2.39. The van der Waals surface area contributed by atoms with Gasteiger partial charge in [-0.3, -0.25) is 4.79 Å². The Morgan fingerprint density at radius 2 is 2.35 bits per heavy atom. The second-order valence-corrected chi connectivity index (χ2v) is 5.04. The van der Waals surface area contributed by atoms with Crippen LogP contribution in [-0.4, -0.2) is 5.91 Å². The molecule has 2 rings (SSSR count). The summed E-state index contributed by atoms with van der Waals surface area (Å²) in [5.41, 5.74) is 6.22. The lowest BCUT2D eigenvalue weighted by molar-refractivity contribution is -0.118. The molecule has 0 heterocycles. The summed E-state index contributed by atoms with van der Waals surface area (Å²) in [5.74, 6) is 1.12. The molecule has 1 aliphatic carbocycles. The molecule has 0 bridgehead atoms. The van der Waals surface area contributed by atoms with Gasteiger partial charge in [-0.1, -0.05) is 19.1 Å². The molecule has 0 radical (unpaired) electrons. The van der Waals surface area contributed by atoms with Crippen LogP contribution in [0.5, 0.6) is 0 Å². The largest absolute Gasteiger partial charge is 0.370 e. The van der Waals surface area contributed by atoms with E-state index in [1.807, 2.05) is 6.07 Å². The number of carbonyl (C=O) groups is 1. The van der Waals surface area contributed by atoms with E-state index in [1.165, 1.54) is 6.07 Å². The predicted molar refractivity (Wildman–Crippen MR) is 64.8 cm³/mol. The lowest BCUT2D eigenvalue weighted by atomic mass is 9.96. The van der Waals surface area contributed by atoms with E-state index in [0.29, 0.717) is 24.2 Å². The number of hydrogen-bond acceptors (Lipinski definition) is 1. The van der Waals surface area contributed by atoms with Crippen LogP contribution >= 0.6 is 0 Å². The zero-order valence-corrected chi connectivity index (χ0v) is 10.0. The van der Waals surface area contributed by atoms with E-state index in [4.69, 9.17) is 5.73 Å². The molecule has 0 saturated heterocycles. The molecule has 1 aromatic carbocycles. The highest BCUT2D eigenvalue weighted by Gasteiger charge is 2.41. The fraction of sp³-hybridized carbons (Fsp3) is 0.500. The van der Waals surface area contributed by atoms with Crippen LogP contribution in [0.2, 0.25) is 0 Å². The van der Waals surface area contributed by atoms with Crippen molar-refractivity contribution in [3.63, 3.8) is 0 Å². The van der Waals surface area contributed by atoms with E-state index in [2.05, 4.69) is 6.92 Å². The monoisotopic (exact) mass is 235 g/mol. The van der Waals surface area contributed by atoms with Crippen molar-refractivity contribution in [3.8, 4) is 0 Å². The first-order valence-electron chi connectivity index (χ1n) is 6.11. The SMILES string of the molecule is CC(CCC(N)=O)C1CC1c1cccc(F)c1. The highest BCUT2D eigenvalue weighted by Crippen LogP contribution is 2.52. The Bertz CT molecular complexity index is 418. The van der Waals surface area contributed by atoms with Gasteiger partial charge >= 0.3 is 0 Å². The second kappa shape index (κ2) is 4.86. The molecule has 3 unspecified atom stereocenters. The number of amides is 1. The zero-order chi connectivity index (χ0) is 12.4. The molecule has 1 amide bonds. The number of primary amides is 1. The van der Waals surface area contributed by atoms with Crippen LogP contribution in [0.1, 0.15) is 37.7 Å². The van der Waals surface area contributed by atoms with Crippen LogP contribution in [-0.2, 0) is 4.79 Å². The van der Waals surface area contributed by atoms with Crippen LogP contribution in [0.15, 0.2) is 24.3 Å². The van der Waals surface area contributed by atoms with Crippen molar-refractivity contribution in [2.75, 3.05) is 0 Å². The minimum atomic E-state index is -0.236. The lowest BCUT2D eigenvalue weighted by Gasteiger charge is -2.09. The summed E-state index contributed by atoms with van der Waals surface area (Å²) in [6.45, 7) is 2.15. The topological polar surface area (TPSA) is 43.1 Å². The molecule has 17 heavy (non-hydrogen) atoms. The van der Waals surface area contributed by atoms with E-state index in [9.17, 15) is 9.18 Å². The minimum absolute atomic E-state index is 0.169. The van der Waals surface area contributed by atoms with E-state index >= 15 is 0 Å². The molecular formula is C14H18FNO. The average molecular weight is 235 g/mol. The first kappa shape index (κ1) is 12.1. The fourth-order valence-corrected chi connectivity index (χ4v) is 2.55. The predicted octanol–water partition coefficient (Wildman–Crippen LogP) is 2.83. The molecular weight excluding hydrogens is 217 g/mol. The van der Waals surface area contributed by atoms with Crippen LogP contribution < -0.4 is 5.73 Å². The molecule has 92 valence electrons. The third kappa shape index (κ3) is 3.05. The van der Waals surface area contributed by atoms with E-state index in [0.717, 1.165) is 18.4 Å². The van der Waals surface area contributed by atoms with Crippen LogP contribution in [0.25, 0.3) is 0 Å². The number of nitrogens with two attached hydrogens (primary N) is 1. The molecule has 1 fully saturated rings. The van der Waals surface area contributed by atoms with Gasteiger partial charge < -0.3 is 5.73 Å². The number of hydrogen-bond donors (Lipinski definition) is 1. The maximum absolute atomic E-state index is 13.1. The van der Waals surface area contributed by atoms with Crippen molar-refractivity contribution in [1.29, 1.82) is 0 Å². The standard InChI is InChI=1S/C14H18FNO/c1-9(5-6-14(16)17)12-8-13(12)10-3-2-4-11(15)7-10/h2-4,7,9,12-13H,5-6,8H2,1H3,(H2,16,17). The summed E-state index contributed by atoms with van der Waals surface area (Å²) in [4.78, 5) is 10.7. The Kier molecular flexibility index (Phi) is 3.46. The summed E-state index contributed by atoms with van der Waals surface area (Å²) >= 11 is 0. The van der Waals surface area contributed by atoms with Gasteiger partial charge in [0.25, 0.3) is 0 Å². The Labute approximate surface area is 101 Å². The van der Waals surface area contributed by atoms with Crippen molar-refractivity contribution in [2.45, 2.75) is 32.1 Å². The molecule has 0 aliphatic heterocycles. The van der Waals surface area contributed by atoms with Crippen LogP contribution in [0, 0.1) is 17.7 Å². The molecule has 1 saturated carbocycles. The summed E-state index contributed by atoms with van der Waals surface area (Å²) in [7, 11) is 0. The van der Waals surface area contributed by atoms with Crippen molar-refractivity contribution < 1.29 is 9.18 Å². The molecule has 3 heteroatoms. The highest BCUT2D eigenvalue weighted by atomic mass is 19.1. The van der Waals surface area contributed by atoms with Crippen molar-refractivity contribution in [2.24, 2.45) is 17.6 Å². The van der Waals surface area contributed by atoms with Gasteiger partial charge in [-0.05, 0) is 48.3 Å². The summed E-state index contributed by atoms with van der Waals surface area (Å²) in [6, 6.07) is 6.82. The third-order valence-corrected chi connectivity index (χ3v) is 3.69. The first-order chi connectivity index (χ1) is 8.08. The lowest BCUT2D eigenvalue weighted by Crippen LogP contribution is -2.12. The van der Waals surface area contributed by atoms with Crippen molar-refractivity contribution in [1.82, 2.24) is 0 Å². The molecule has 1 aliphatic rings. The van der Waals surface area contributed by atoms with Crippen molar-refractivity contribution in [3.05, 3.63) is 35.6 Å². The molecule has 1 aromatic rings. The zero-order valence-electron chi connectivity index (χ0n) is 10.0. The number of halogens is 1. The van der Waals surface area contributed by atoms with Crippen LogP contribution in [0.4, 0.5) is 4.39 Å². The summed E-state index contributed by atoms with van der Waals surface area (Å²) < 4.78 is 13.1. The molecule has 0 aromatic heterocycles. The quantitative estimate of drug-likeness (QED) is 0.837. The Morgan fingerprint density at radius 1 is 1.59 bits per heavy atom. The normalized spacial score (nSPS) is 24.4. The van der Waals surface area contributed by atoms with Crippen LogP contribution in [0.3, 0.4) is 0 Å².